The zero-order valence-corrected chi connectivity index (χ0v) is 9.28. The Morgan fingerprint density at radius 2 is 1.62 bits per heavy atom. The maximum absolute atomic E-state index is 6.14. The second-order valence-electron chi connectivity index (χ2n) is 5.20. The lowest BCUT2D eigenvalue weighted by atomic mass is 9.79. The summed E-state index contributed by atoms with van der Waals surface area (Å²) in [6.45, 7) is 0. The Balaban J connectivity index is 1.88. The SMILES string of the molecule is ClCC1(CC2CCCC2)CCCC1. The van der Waals surface area contributed by atoms with E-state index in [0.29, 0.717) is 5.41 Å². The second kappa shape index (κ2) is 4.21. The Kier molecular flexibility index (Phi) is 3.18. The van der Waals surface area contributed by atoms with E-state index < -0.39 is 0 Å². The van der Waals surface area contributed by atoms with Gasteiger partial charge in [0.1, 0.15) is 0 Å². The lowest BCUT2D eigenvalue weighted by Gasteiger charge is -2.29. The standard InChI is InChI=1S/C12H21Cl/c13-10-12(7-3-4-8-12)9-11-5-1-2-6-11/h11H,1-10H2. The van der Waals surface area contributed by atoms with Gasteiger partial charge in [0.15, 0.2) is 0 Å². The highest BCUT2D eigenvalue weighted by molar-refractivity contribution is 6.18. The van der Waals surface area contributed by atoms with E-state index in [9.17, 15) is 0 Å². The van der Waals surface area contributed by atoms with Crippen LogP contribution >= 0.6 is 11.6 Å². The molecule has 1 heteroatoms. The van der Waals surface area contributed by atoms with Crippen molar-refractivity contribution in [3.05, 3.63) is 0 Å². The molecule has 0 spiro atoms. The average Bonchev–Trinajstić information content (AvgIpc) is 2.77. The molecule has 0 amide bonds. The van der Waals surface area contributed by atoms with Crippen molar-refractivity contribution < 1.29 is 0 Å². The minimum Gasteiger partial charge on any atom is -0.126 e. The van der Waals surface area contributed by atoms with Crippen LogP contribution in [0, 0.1) is 11.3 Å². The fraction of sp³-hybridized carbons (Fsp3) is 1.00. The predicted octanol–water partition coefficient (Wildman–Crippen LogP) is 4.37. The van der Waals surface area contributed by atoms with E-state index in [0.717, 1.165) is 11.8 Å². The molecule has 0 aromatic carbocycles. The normalized spacial score (nSPS) is 28.4. The molecule has 0 aromatic heterocycles. The summed E-state index contributed by atoms with van der Waals surface area (Å²) in [5.41, 5.74) is 0.566. The van der Waals surface area contributed by atoms with Gasteiger partial charge in [0.2, 0.25) is 0 Å². The van der Waals surface area contributed by atoms with Crippen molar-refractivity contribution in [2.75, 3.05) is 5.88 Å². The molecule has 2 aliphatic rings. The van der Waals surface area contributed by atoms with Crippen molar-refractivity contribution in [2.45, 2.75) is 57.8 Å². The molecule has 0 heterocycles. The molecule has 0 bridgehead atoms. The van der Waals surface area contributed by atoms with Crippen LogP contribution in [-0.2, 0) is 0 Å². The summed E-state index contributed by atoms with van der Waals surface area (Å²) in [6, 6.07) is 0. The lowest BCUT2D eigenvalue weighted by Crippen LogP contribution is -2.21. The zero-order valence-electron chi connectivity index (χ0n) is 8.53. The summed E-state index contributed by atoms with van der Waals surface area (Å²) in [6.07, 6.45) is 13.0. The van der Waals surface area contributed by atoms with Gasteiger partial charge in [-0.25, -0.2) is 0 Å². The maximum atomic E-state index is 6.14. The highest BCUT2D eigenvalue weighted by Crippen LogP contribution is 2.46. The molecule has 2 aliphatic carbocycles. The smallest absolute Gasteiger partial charge is 0.0280 e. The Labute approximate surface area is 87.0 Å². The van der Waals surface area contributed by atoms with Gasteiger partial charge < -0.3 is 0 Å². The van der Waals surface area contributed by atoms with Gasteiger partial charge in [0.25, 0.3) is 0 Å². The van der Waals surface area contributed by atoms with Crippen molar-refractivity contribution in [1.29, 1.82) is 0 Å². The van der Waals surface area contributed by atoms with E-state index in [1.54, 1.807) is 0 Å². The third-order valence-electron chi connectivity index (χ3n) is 4.14. The summed E-state index contributed by atoms with van der Waals surface area (Å²) in [5.74, 6) is 1.94. The Morgan fingerprint density at radius 3 is 2.15 bits per heavy atom. The van der Waals surface area contributed by atoms with E-state index in [1.165, 1.54) is 57.8 Å². The Morgan fingerprint density at radius 1 is 1.00 bits per heavy atom. The largest absolute Gasteiger partial charge is 0.126 e. The van der Waals surface area contributed by atoms with Crippen molar-refractivity contribution in [3.8, 4) is 0 Å². The van der Waals surface area contributed by atoms with Crippen LogP contribution in [0.25, 0.3) is 0 Å². The number of alkyl halides is 1. The van der Waals surface area contributed by atoms with Gasteiger partial charge >= 0.3 is 0 Å². The first kappa shape index (κ1) is 9.83. The molecule has 0 saturated heterocycles. The minimum absolute atomic E-state index is 0.566. The molecule has 0 aliphatic heterocycles. The van der Waals surface area contributed by atoms with Crippen LogP contribution in [0.1, 0.15) is 57.8 Å². The summed E-state index contributed by atoms with van der Waals surface area (Å²) in [4.78, 5) is 0. The molecule has 0 aromatic rings. The van der Waals surface area contributed by atoms with Gasteiger partial charge in [0.05, 0.1) is 0 Å². The van der Waals surface area contributed by atoms with Crippen LogP contribution in [-0.4, -0.2) is 5.88 Å². The molecule has 13 heavy (non-hydrogen) atoms. The van der Waals surface area contributed by atoms with Gasteiger partial charge in [-0.3, -0.25) is 0 Å². The molecule has 2 saturated carbocycles. The van der Waals surface area contributed by atoms with E-state index in [2.05, 4.69) is 0 Å². The molecule has 0 N–H and O–H groups in total. The summed E-state index contributed by atoms with van der Waals surface area (Å²) in [5, 5.41) is 0. The van der Waals surface area contributed by atoms with Crippen molar-refractivity contribution in [3.63, 3.8) is 0 Å². The quantitative estimate of drug-likeness (QED) is 0.594. The minimum atomic E-state index is 0.566. The number of halogens is 1. The molecule has 2 fully saturated rings. The molecular weight excluding hydrogens is 180 g/mol. The summed E-state index contributed by atoms with van der Waals surface area (Å²) < 4.78 is 0. The predicted molar refractivity (Wildman–Crippen MR) is 58.2 cm³/mol. The van der Waals surface area contributed by atoms with Crippen LogP contribution in [0.4, 0.5) is 0 Å². The monoisotopic (exact) mass is 200 g/mol. The van der Waals surface area contributed by atoms with Crippen LogP contribution in [0.2, 0.25) is 0 Å². The van der Waals surface area contributed by atoms with E-state index in [4.69, 9.17) is 11.6 Å². The van der Waals surface area contributed by atoms with Crippen molar-refractivity contribution in [2.24, 2.45) is 11.3 Å². The maximum Gasteiger partial charge on any atom is 0.0280 e. The van der Waals surface area contributed by atoms with Crippen LogP contribution < -0.4 is 0 Å². The van der Waals surface area contributed by atoms with Gasteiger partial charge in [-0.2, -0.15) is 0 Å². The van der Waals surface area contributed by atoms with Gasteiger partial charge in [-0.15, -0.1) is 11.6 Å². The highest BCUT2D eigenvalue weighted by Gasteiger charge is 2.35. The van der Waals surface area contributed by atoms with E-state index in [1.807, 2.05) is 0 Å². The molecule has 0 unspecified atom stereocenters. The lowest BCUT2D eigenvalue weighted by molar-refractivity contribution is 0.253. The summed E-state index contributed by atoms with van der Waals surface area (Å²) >= 11 is 6.14. The van der Waals surface area contributed by atoms with Crippen LogP contribution in [0.15, 0.2) is 0 Å². The fourth-order valence-corrected chi connectivity index (χ4v) is 3.72. The third-order valence-corrected chi connectivity index (χ3v) is 4.71. The highest BCUT2D eigenvalue weighted by atomic mass is 35.5. The first-order valence-corrected chi connectivity index (χ1v) is 6.44. The van der Waals surface area contributed by atoms with E-state index in [-0.39, 0.29) is 0 Å². The van der Waals surface area contributed by atoms with E-state index >= 15 is 0 Å². The summed E-state index contributed by atoms with van der Waals surface area (Å²) in [7, 11) is 0. The van der Waals surface area contributed by atoms with Crippen LogP contribution in [0.5, 0.6) is 0 Å². The molecular formula is C12H21Cl. The average molecular weight is 201 g/mol. The third kappa shape index (κ3) is 2.21. The number of hydrogen-bond acceptors (Lipinski definition) is 0. The molecule has 0 atom stereocenters. The number of rotatable bonds is 3. The molecule has 2 rings (SSSR count). The van der Waals surface area contributed by atoms with Crippen LogP contribution in [0.3, 0.4) is 0 Å². The van der Waals surface area contributed by atoms with Crippen molar-refractivity contribution in [1.82, 2.24) is 0 Å². The molecule has 0 radical (unpaired) electrons. The first-order valence-electron chi connectivity index (χ1n) is 5.91. The number of hydrogen-bond donors (Lipinski definition) is 0. The van der Waals surface area contributed by atoms with Gasteiger partial charge in [-0.1, -0.05) is 38.5 Å². The van der Waals surface area contributed by atoms with Crippen molar-refractivity contribution >= 4 is 11.6 Å². The molecule has 76 valence electrons. The Bertz CT molecular complexity index is 153. The second-order valence-corrected chi connectivity index (χ2v) is 5.46. The topological polar surface area (TPSA) is 0 Å². The Hall–Kier alpha value is 0.290. The molecule has 0 nitrogen and oxygen atoms in total. The fourth-order valence-electron chi connectivity index (χ4n) is 3.34. The van der Waals surface area contributed by atoms with Gasteiger partial charge in [0, 0.05) is 5.88 Å². The van der Waals surface area contributed by atoms with Gasteiger partial charge in [-0.05, 0) is 30.6 Å². The first-order chi connectivity index (χ1) is 6.35. The zero-order chi connectivity index (χ0) is 9.15.